The fourth-order valence-electron chi connectivity index (χ4n) is 7.02. The lowest BCUT2D eigenvalue weighted by Gasteiger charge is -2.47. The number of nitrogens with zero attached hydrogens (tertiary/aromatic N) is 3. The predicted octanol–water partition coefficient (Wildman–Crippen LogP) is 8.30. The van der Waals surface area contributed by atoms with Gasteiger partial charge in [-0.25, -0.2) is 4.99 Å². The zero-order chi connectivity index (χ0) is 27.0. The molecule has 0 N–H and O–H groups in total. The van der Waals surface area contributed by atoms with E-state index < -0.39 is 5.66 Å². The summed E-state index contributed by atoms with van der Waals surface area (Å²) in [5, 5.41) is 0. The number of aryl methyl sites for hydroxylation is 1. The monoisotopic (exact) mass is 507 g/mol. The fraction of sp³-hybridized carbons (Fsp3) is 0.758. The third-order valence-electron chi connectivity index (χ3n) is 9.50. The minimum atomic E-state index is -0.405. The van der Waals surface area contributed by atoms with Crippen LogP contribution >= 0.6 is 0 Å². The second-order valence-electron chi connectivity index (χ2n) is 14.5. The normalized spacial score (nSPS) is 28.1. The second kappa shape index (κ2) is 10.7. The number of amidine groups is 1. The van der Waals surface area contributed by atoms with Crippen molar-refractivity contribution < 1.29 is 4.79 Å². The molecule has 0 radical (unpaired) electrons. The van der Waals surface area contributed by atoms with Gasteiger partial charge in [-0.1, -0.05) is 78.3 Å². The van der Waals surface area contributed by atoms with Gasteiger partial charge in [0.1, 0.15) is 5.66 Å². The Morgan fingerprint density at radius 3 is 2.22 bits per heavy atom. The van der Waals surface area contributed by atoms with Gasteiger partial charge in [0.2, 0.25) is 0 Å². The average molecular weight is 508 g/mol. The molecule has 1 aromatic rings. The molecule has 1 aliphatic carbocycles. The van der Waals surface area contributed by atoms with Gasteiger partial charge in [-0.3, -0.25) is 4.79 Å². The van der Waals surface area contributed by atoms with Crippen LogP contribution in [0.1, 0.15) is 130 Å². The van der Waals surface area contributed by atoms with E-state index in [-0.39, 0.29) is 17.4 Å². The molecular weight excluding hydrogens is 454 g/mol. The smallest absolute Gasteiger partial charge is 0.291 e. The molecule has 1 unspecified atom stereocenters. The molecule has 4 nitrogen and oxygen atoms in total. The maximum atomic E-state index is 14.6. The van der Waals surface area contributed by atoms with Gasteiger partial charge >= 0.3 is 0 Å². The highest BCUT2D eigenvalue weighted by atomic mass is 16.2. The number of aliphatic imine (C=N–C) groups is 1. The van der Waals surface area contributed by atoms with Crippen molar-refractivity contribution in [1.29, 1.82) is 0 Å². The zero-order valence-electron chi connectivity index (χ0n) is 25.1. The van der Waals surface area contributed by atoms with Crippen molar-refractivity contribution in [2.75, 3.05) is 6.54 Å². The summed E-state index contributed by atoms with van der Waals surface area (Å²) in [6.07, 6.45) is 11.0. The highest BCUT2D eigenvalue weighted by Crippen LogP contribution is 2.50. The summed E-state index contributed by atoms with van der Waals surface area (Å²) in [5.41, 5.74) is 2.64. The molecule has 2 heterocycles. The predicted molar refractivity (Wildman–Crippen MR) is 156 cm³/mol. The van der Waals surface area contributed by atoms with Crippen LogP contribution in [0, 0.1) is 23.7 Å². The Morgan fingerprint density at radius 2 is 1.65 bits per heavy atom. The first kappa shape index (κ1) is 28.2. The lowest BCUT2D eigenvalue weighted by Crippen LogP contribution is -2.53. The quantitative estimate of drug-likeness (QED) is 0.402. The average Bonchev–Trinajstić information content (AvgIpc) is 3.10. The molecule has 1 spiro atoms. The Morgan fingerprint density at radius 1 is 1.00 bits per heavy atom. The molecule has 2 atom stereocenters. The molecule has 0 aromatic heterocycles. The van der Waals surface area contributed by atoms with E-state index in [1.165, 1.54) is 24.0 Å². The Labute approximate surface area is 227 Å². The second-order valence-corrected chi connectivity index (χ2v) is 14.5. The Hall–Kier alpha value is -1.84. The van der Waals surface area contributed by atoms with E-state index in [4.69, 9.17) is 4.99 Å². The first-order chi connectivity index (χ1) is 17.3. The minimum Gasteiger partial charge on any atom is -0.349 e. The number of carbonyl (C=O) groups is 1. The van der Waals surface area contributed by atoms with Gasteiger partial charge in [-0.15, -0.1) is 0 Å². The minimum absolute atomic E-state index is 0.0598. The summed E-state index contributed by atoms with van der Waals surface area (Å²) in [4.78, 5) is 24.8. The topological polar surface area (TPSA) is 35.9 Å². The molecule has 1 aromatic carbocycles. The molecule has 3 aliphatic rings. The number of amides is 1. The van der Waals surface area contributed by atoms with Crippen molar-refractivity contribution >= 4 is 11.7 Å². The van der Waals surface area contributed by atoms with Crippen LogP contribution in [0.25, 0.3) is 0 Å². The summed E-state index contributed by atoms with van der Waals surface area (Å²) >= 11 is 0. The van der Waals surface area contributed by atoms with Crippen LogP contribution in [0.15, 0.2) is 29.3 Å². The van der Waals surface area contributed by atoms with Crippen LogP contribution in [0.3, 0.4) is 0 Å². The van der Waals surface area contributed by atoms with E-state index in [2.05, 4.69) is 89.5 Å². The summed E-state index contributed by atoms with van der Waals surface area (Å²) in [7, 11) is 0. The van der Waals surface area contributed by atoms with Gasteiger partial charge < -0.3 is 9.80 Å². The van der Waals surface area contributed by atoms with Crippen molar-refractivity contribution in [3.8, 4) is 0 Å². The summed E-state index contributed by atoms with van der Waals surface area (Å²) in [5.74, 6) is 1.64. The van der Waals surface area contributed by atoms with Crippen molar-refractivity contribution in [2.45, 2.75) is 137 Å². The van der Waals surface area contributed by atoms with E-state index >= 15 is 0 Å². The standard InChI is InChI=1S/C33H53N3O/c1-9-27-12-10-11-23-35(27)29-30(37)36(33(34-29)21-17-26(18-22-33)32(6,7)8)28(19-20-31(3,4)5)25-15-13-24(2)14-16-25/h13-16,26-28H,9-12,17-23H2,1-8H3/t26?,27?,28-,33?/m1/s1. The number of carbonyl (C=O) groups excluding carboxylic acids is 1. The molecule has 4 heteroatoms. The number of likely N-dealkylation sites (tertiary alicyclic amines) is 1. The SMILES string of the molecule is CCC1CCCCN1C1=NC2(CCC(C(C)(C)C)CC2)N([C@H](CCC(C)(C)C)c2ccc(C)cc2)C1=O. The first-order valence-corrected chi connectivity index (χ1v) is 15.1. The molecule has 1 saturated carbocycles. The van der Waals surface area contributed by atoms with E-state index in [1.807, 2.05) is 0 Å². The number of hydrogen-bond donors (Lipinski definition) is 0. The molecule has 206 valence electrons. The number of piperidine rings is 1. The third kappa shape index (κ3) is 6.09. The van der Waals surface area contributed by atoms with E-state index in [0.717, 1.165) is 63.7 Å². The van der Waals surface area contributed by atoms with Gasteiger partial charge in [0.05, 0.1) is 6.04 Å². The fourth-order valence-corrected chi connectivity index (χ4v) is 7.02. The maximum Gasteiger partial charge on any atom is 0.291 e. The number of hydrogen-bond acceptors (Lipinski definition) is 3. The van der Waals surface area contributed by atoms with Gasteiger partial charge in [0.25, 0.3) is 5.91 Å². The Balaban J connectivity index is 1.76. The molecule has 1 amide bonds. The van der Waals surface area contributed by atoms with Crippen molar-refractivity contribution in [3.63, 3.8) is 0 Å². The van der Waals surface area contributed by atoms with E-state index in [9.17, 15) is 4.79 Å². The largest absolute Gasteiger partial charge is 0.349 e. The van der Waals surface area contributed by atoms with Crippen LogP contribution in [0.2, 0.25) is 0 Å². The first-order valence-electron chi connectivity index (χ1n) is 15.1. The van der Waals surface area contributed by atoms with Crippen LogP contribution in [-0.4, -0.2) is 39.8 Å². The Bertz CT molecular complexity index is 957. The van der Waals surface area contributed by atoms with Crippen LogP contribution in [0.5, 0.6) is 0 Å². The van der Waals surface area contributed by atoms with Gasteiger partial charge in [-0.2, -0.15) is 0 Å². The number of rotatable bonds is 5. The molecular formula is C33H53N3O. The highest BCUT2D eigenvalue weighted by molar-refractivity contribution is 6.39. The lowest BCUT2D eigenvalue weighted by atomic mass is 9.69. The highest BCUT2D eigenvalue weighted by Gasteiger charge is 2.54. The zero-order valence-corrected chi connectivity index (χ0v) is 25.1. The van der Waals surface area contributed by atoms with E-state index in [0.29, 0.717) is 17.4 Å². The van der Waals surface area contributed by atoms with Crippen LogP contribution < -0.4 is 0 Å². The maximum absolute atomic E-state index is 14.6. The molecule has 37 heavy (non-hydrogen) atoms. The van der Waals surface area contributed by atoms with Crippen LogP contribution in [-0.2, 0) is 4.79 Å². The van der Waals surface area contributed by atoms with Crippen LogP contribution in [0.4, 0.5) is 0 Å². The van der Waals surface area contributed by atoms with Crippen molar-refractivity contribution in [2.24, 2.45) is 21.7 Å². The van der Waals surface area contributed by atoms with Gasteiger partial charge in [-0.05, 0) is 93.4 Å². The summed E-state index contributed by atoms with van der Waals surface area (Å²) < 4.78 is 0. The number of benzene rings is 1. The molecule has 4 rings (SSSR count). The molecule has 2 aliphatic heterocycles. The van der Waals surface area contributed by atoms with Crippen molar-refractivity contribution in [3.05, 3.63) is 35.4 Å². The molecule has 0 bridgehead atoms. The summed E-state index contributed by atoms with van der Waals surface area (Å²) in [6, 6.07) is 9.44. The summed E-state index contributed by atoms with van der Waals surface area (Å²) in [6.45, 7) is 19.5. The molecule has 1 saturated heterocycles. The van der Waals surface area contributed by atoms with Crippen molar-refractivity contribution in [1.82, 2.24) is 9.80 Å². The third-order valence-corrected chi connectivity index (χ3v) is 9.50. The molecule has 2 fully saturated rings. The Kier molecular flexibility index (Phi) is 8.17. The van der Waals surface area contributed by atoms with E-state index in [1.54, 1.807) is 0 Å². The van der Waals surface area contributed by atoms with Gasteiger partial charge in [0, 0.05) is 12.6 Å². The lowest BCUT2D eigenvalue weighted by molar-refractivity contribution is -0.134. The van der Waals surface area contributed by atoms with Gasteiger partial charge in [0.15, 0.2) is 5.84 Å².